The normalized spacial score (nSPS) is 10.9. The zero-order chi connectivity index (χ0) is 20.1. The first-order chi connectivity index (χ1) is 13.4. The van der Waals surface area contributed by atoms with Gasteiger partial charge in [0, 0.05) is 25.2 Å². The minimum atomic E-state index is -0.320. The summed E-state index contributed by atoms with van der Waals surface area (Å²) in [6, 6.07) is 9.27. The molecule has 0 spiro atoms. The maximum Gasteiger partial charge on any atom is 0.263 e. The number of carbonyl (C=O) groups is 1. The van der Waals surface area contributed by atoms with Gasteiger partial charge in [-0.2, -0.15) is 0 Å². The van der Waals surface area contributed by atoms with E-state index in [1.807, 2.05) is 13.0 Å². The monoisotopic (exact) mass is 399 g/mol. The summed E-state index contributed by atoms with van der Waals surface area (Å²) < 4.78 is 18.5. The van der Waals surface area contributed by atoms with Gasteiger partial charge in [0.1, 0.15) is 16.4 Å². The van der Waals surface area contributed by atoms with Crippen molar-refractivity contribution in [2.24, 2.45) is 5.92 Å². The smallest absolute Gasteiger partial charge is 0.263 e. The van der Waals surface area contributed by atoms with Crippen LogP contribution in [0.4, 0.5) is 4.39 Å². The molecule has 3 rings (SSSR count). The standard InChI is InChI=1S/C21H22FN3O2S/c1-13(2)10-19-25-14(3)20(28-19)21(26)24-12-15-4-9-18(23-11-15)27-17-7-5-16(22)6-8-17/h4-9,11,13H,10,12H2,1-3H3,(H,24,26). The van der Waals surface area contributed by atoms with Gasteiger partial charge in [-0.1, -0.05) is 19.9 Å². The van der Waals surface area contributed by atoms with E-state index in [4.69, 9.17) is 4.74 Å². The molecule has 1 amide bonds. The summed E-state index contributed by atoms with van der Waals surface area (Å²) in [4.78, 5) is 21.8. The molecule has 0 radical (unpaired) electrons. The average molecular weight is 399 g/mol. The topological polar surface area (TPSA) is 64.1 Å². The Morgan fingerprint density at radius 3 is 2.61 bits per heavy atom. The molecule has 3 aromatic rings. The van der Waals surface area contributed by atoms with Crippen molar-refractivity contribution >= 4 is 17.2 Å². The van der Waals surface area contributed by atoms with Gasteiger partial charge in [0.25, 0.3) is 5.91 Å². The van der Waals surface area contributed by atoms with E-state index in [2.05, 4.69) is 29.1 Å². The highest BCUT2D eigenvalue weighted by Crippen LogP contribution is 2.21. The van der Waals surface area contributed by atoms with Crippen molar-refractivity contribution in [3.8, 4) is 11.6 Å². The van der Waals surface area contributed by atoms with Gasteiger partial charge in [-0.3, -0.25) is 4.79 Å². The number of nitrogens with zero attached hydrogens (tertiary/aromatic N) is 2. The Morgan fingerprint density at radius 1 is 1.21 bits per heavy atom. The lowest BCUT2D eigenvalue weighted by atomic mass is 10.1. The predicted molar refractivity (Wildman–Crippen MR) is 107 cm³/mol. The molecule has 0 aliphatic rings. The molecule has 0 aliphatic carbocycles. The summed E-state index contributed by atoms with van der Waals surface area (Å²) in [7, 11) is 0. The van der Waals surface area contributed by atoms with Crippen molar-refractivity contribution in [1.29, 1.82) is 0 Å². The summed E-state index contributed by atoms with van der Waals surface area (Å²) in [5, 5.41) is 3.89. The number of hydrogen-bond donors (Lipinski definition) is 1. The second-order valence-corrected chi connectivity index (χ2v) is 7.95. The molecule has 0 atom stereocenters. The molecule has 2 aromatic heterocycles. The highest BCUT2D eigenvalue weighted by molar-refractivity contribution is 7.13. The fraction of sp³-hybridized carbons (Fsp3) is 0.286. The molecule has 7 heteroatoms. The second-order valence-electron chi connectivity index (χ2n) is 6.86. The lowest BCUT2D eigenvalue weighted by Crippen LogP contribution is -2.22. The van der Waals surface area contributed by atoms with Gasteiger partial charge in [0.05, 0.1) is 10.7 Å². The van der Waals surface area contributed by atoms with E-state index in [-0.39, 0.29) is 11.7 Å². The maximum absolute atomic E-state index is 12.9. The summed E-state index contributed by atoms with van der Waals surface area (Å²) in [5.41, 5.74) is 1.61. The Balaban J connectivity index is 1.56. The minimum Gasteiger partial charge on any atom is -0.439 e. The van der Waals surface area contributed by atoms with Crippen molar-refractivity contribution in [3.63, 3.8) is 0 Å². The Bertz CT molecular complexity index is 937. The van der Waals surface area contributed by atoms with Gasteiger partial charge in [0.2, 0.25) is 5.88 Å². The van der Waals surface area contributed by atoms with E-state index in [9.17, 15) is 9.18 Å². The van der Waals surface area contributed by atoms with Crippen LogP contribution in [0.15, 0.2) is 42.6 Å². The van der Waals surface area contributed by atoms with E-state index in [0.717, 1.165) is 22.7 Å². The van der Waals surface area contributed by atoms with Crippen LogP contribution in [-0.4, -0.2) is 15.9 Å². The highest BCUT2D eigenvalue weighted by Gasteiger charge is 2.15. The number of halogens is 1. The van der Waals surface area contributed by atoms with Crippen molar-refractivity contribution in [1.82, 2.24) is 15.3 Å². The van der Waals surface area contributed by atoms with Gasteiger partial charge in [0.15, 0.2) is 0 Å². The van der Waals surface area contributed by atoms with Gasteiger partial charge < -0.3 is 10.1 Å². The average Bonchev–Trinajstić information content (AvgIpc) is 3.02. The number of hydrogen-bond acceptors (Lipinski definition) is 5. The first-order valence-electron chi connectivity index (χ1n) is 9.03. The number of aromatic nitrogens is 2. The van der Waals surface area contributed by atoms with Gasteiger partial charge in [-0.05, 0) is 42.7 Å². The molecule has 0 aliphatic heterocycles. The van der Waals surface area contributed by atoms with Crippen molar-refractivity contribution in [2.45, 2.75) is 33.7 Å². The molecule has 0 bridgehead atoms. The van der Waals surface area contributed by atoms with E-state index in [1.165, 1.54) is 35.6 Å². The predicted octanol–water partition coefficient (Wildman–Crippen LogP) is 4.91. The zero-order valence-corrected chi connectivity index (χ0v) is 16.8. The van der Waals surface area contributed by atoms with Gasteiger partial charge in [-0.15, -0.1) is 11.3 Å². The van der Waals surface area contributed by atoms with Crippen LogP contribution in [0.2, 0.25) is 0 Å². The molecular weight excluding hydrogens is 377 g/mol. The Morgan fingerprint density at radius 2 is 1.96 bits per heavy atom. The van der Waals surface area contributed by atoms with Crippen LogP contribution < -0.4 is 10.1 Å². The number of nitrogens with one attached hydrogen (secondary N) is 1. The first-order valence-corrected chi connectivity index (χ1v) is 9.85. The quantitative estimate of drug-likeness (QED) is 0.613. The summed E-state index contributed by atoms with van der Waals surface area (Å²) in [5.74, 6) is 0.963. The van der Waals surface area contributed by atoms with Crippen LogP contribution in [0.1, 0.15) is 39.8 Å². The van der Waals surface area contributed by atoms with Crippen LogP contribution in [0.3, 0.4) is 0 Å². The van der Waals surface area contributed by atoms with Crippen LogP contribution in [0, 0.1) is 18.7 Å². The number of rotatable bonds is 7. The minimum absolute atomic E-state index is 0.128. The SMILES string of the molecule is Cc1nc(CC(C)C)sc1C(=O)NCc1ccc(Oc2ccc(F)cc2)nc1. The Labute approximate surface area is 167 Å². The molecule has 0 fully saturated rings. The van der Waals surface area contributed by atoms with Crippen molar-refractivity contribution in [2.75, 3.05) is 0 Å². The van der Waals surface area contributed by atoms with Gasteiger partial charge >= 0.3 is 0 Å². The molecule has 2 heterocycles. The molecule has 1 aromatic carbocycles. The van der Waals surface area contributed by atoms with E-state index in [1.54, 1.807) is 12.3 Å². The summed E-state index contributed by atoms with van der Waals surface area (Å²) in [6.07, 6.45) is 2.51. The lowest BCUT2D eigenvalue weighted by molar-refractivity contribution is 0.0954. The fourth-order valence-electron chi connectivity index (χ4n) is 2.56. The summed E-state index contributed by atoms with van der Waals surface area (Å²) >= 11 is 1.45. The van der Waals surface area contributed by atoms with Crippen LogP contribution in [0.5, 0.6) is 11.6 Å². The third-order valence-electron chi connectivity index (χ3n) is 3.92. The third-order valence-corrected chi connectivity index (χ3v) is 5.10. The first kappa shape index (κ1) is 19.9. The van der Waals surface area contributed by atoms with E-state index >= 15 is 0 Å². The molecule has 0 saturated heterocycles. The highest BCUT2D eigenvalue weighted by atomic mass is 32.1. The number of carbonyl (C=O) groups excluding carboxylic acids is 1. The fourth-order valence-corrected chi connectivity index (χ4v) is 3.75. The molecule has 146 valence electrons. The van der Waals surface area contributed by atoms with Crippen LogP contribution in [0.25, 0.3) is 0 Å². The maximum atomic E-state index is 12.9. The molecular formula is C21H22FN3O2S. The van der Waals surface area contributed by atoms with Gasteiger partial charge in [-0.25, -0.2) is 14.4 Å². The van der Waals surface area contributed by atoms with Crippen LogP contribution >= 0.6 is 11.3 Å². The molecule has 1 N–H and O–H groups in total. The molecule has 0 unspecified atom stereocenters. The summed E-state index contributed by atoms with van der Waals surface area (Å²) in [6.45, 7) is 6.48. The number of amides is 1. The Kier molecular flexibility index (Phi) is 6.36. The largest absolute Gasteiger partial charge is 0.439 e. The van der Waals surface area contributed by atoms with E-state index in [0.29, 0.717) is 29.0 Å². The third kappa shape index (κ3) is 5.36. The number of benzene rings is 1. The second kappa shape index (κ2) is 8.93. The number of thiazole rings is 1. The number of ether oxygens (including phenoxy) is 1. The number of aryl methyl sites for hydroxylation is 1. The van der Waals surface area contributed by atoms with Crippen molar-refractivity contribution < 1.29 is 13.9 Å². The Hall–Kier alpha value is -2.80. The molecule has 28 heavy (non-hydrogen) atoms. The molecule has 5 nitrogen and oxygen atoms in total. The molecule has 0 saturated carbocycles. The van der Waals surface area contributed by atoms with Crippen molar-refractivity contribution in [3.05, 3.63) is 69.6 Å². The zero-order valence-electron chi connectivity index (χ0n) is 16.0. The lowest BCUT2D eigenvalue weighted by Gasteiger charge is -2.07. The van der Waals surface area contributed by atoms with Crippen LogP contribution in [-0.2, 0) is 13.0 Å². The van der Waals surface area contributed by atoms with E-state index < -0.39 is 0 Å². The number of pyridine rings is 1.